The molecule has 0 unspecified atom stereocenters. The molecule has 16 heteroatoms. The SMILES string of the molecule is Cc1ccc(-c2cc(C(F)(F)F)nn2-c2ccc(S(N)(=O)=O)cc2)cc1.O=C(O)c1ccc(C(F)(F)F)cc1-c1ccc2c(c1)OC[C@H](Cc1ccccc1)[C@H]2O. The molecule has 0 saturated heterocycles. The Morgan fingerprint density at radius 2 is 1.49 bits per heavy atom. The normalized spacial score (nSPS) is 15.5. The number of nitrogens with zero attached hydrogens (tertiary/aromatic N) is 2. The van der Waals surface area contributed by atoms with E-state index < -0.39 is 45.7 Å². The largest absolute Gasteiger partial charge is 0.493 e. The van der Waals surface area contributed by atoms with Gasteiger partial charge in [0.05, 0.1) is 40.1 Å². The lowest BCUT2D eigenvalue weighted by atomic mass is 9.87. The molecule has 0 amide bonds. The minimum Gasteiger partial charge on any atom is -0.493 e. The van der Waals surface area contributed by atoms with Gasteiger partial charge in [-0.3, -0.25) is 0 Å². The maximum atomic E-state index is 13.2. The maximum absolute atomic E-state index is 13.2. The number of benzene rings is 5. The van der Waals surface area contributed by atoms with Crippen molar-refractivity contribution in [2.45, 2.75) is 36.7 Å². The zero-order valence-corrected chi connectivity index (χ0v) is 30.6. The smallest absolute Gasteiger partial charge is 0.435 e. The molecule has 1 aliphatic heterocycles. The van der Waals surface area contributed by atoms with Crippen LogP contribution in [-0.2, 0) is 28.8 Å². The first-order valence-electron chi connectivity index (χ1n) is 17.1. The lowest BCUT2D eigenvalue weighted by Crippen LogP contribution is -2.27. The number of aromatic nitrogens is 2. The Morgan fingerprint density at radius 1 is 0.842 bits per heavy atom. The van der Waals surface area contributed by atoms with Gasteiger partial charge in [-0.15, -0.1) is 0 Å². The molecule has 0 bridgehead atoms. The Balaban J connectivity index is 0.000000196. The van der Waals surface area contributed by atoms with Crippen LogP contribution in [0, 0.1) is 12.8 Å². The number of fused-ring (bicyclic) bond motifs is 1. The number of carboxylic acid groups (broad SMARTS) is 1. The van der Waals surface area contributed by atoms with Crippen LogP contribution in [0.4, 0.5) is 26.3 Å². The quantitative estimate of drug-likeness (QED) is 0.137. The molecule has 0 spiro atoms. The lowest BCUT2D eigenvalue weighted by Gasteiger charge is -2.31. The zero-order valence-electron chi connectivity index (χ0n) is 29.8. The number of primary sulfonamides is 1. The van der Waals surface area contributed by atoms with Crippen molar-refractivity contribution in [3.8, 4) is 33.8 Å². The number of hydrogen-bond acceptors (Lipinski definition) is 6. The summed E-state index contributed by atoms with van der Waals surface area (Å²) in [6.07, 6.45) is -9.40. The molecule has 0 saturated carbocycles. The molecule has 1 aromatic heterocycles. The summed E-state index contributed by atoms with van der Waals surface area (Å²) < 4.78 is 108. The Hall–Kier alpha value is -5.97. The number of nitrogens with two attached hydrogens (primary N) is 1. The van der Waals surface area contributed by atoms with Crippen molar-refractivity contribution in [1.29, 1.82) is 0 Å². The monoisotopic (exact) mass is 809 g/mol. The molecular formula is C41H33F6N3O6S. The van der Waals surface area contributed by atoms with E-state index in [2.05, 4.69) is 5.10 Å². The van der Waals surface area contributed by atoms with Gasteiger partial charge in [0.2, 0.25) is 10.0 Å². The maximum Gasteiger partial charge on any atom is 0.435 e. The Morgan fingerprint density at radius 3 is 2.09 bits per heavy atom. The lowest BCUT2D eigenvalue weighted by molar-refractivity contribution is -0.141. The van der Waals surface area contributed by atoms with E-state index in [1.165, 1.54) is 36.4 Å². The second-order valence-corrected chi connectivity index (χ2v) is 14.8. The fraction of sp³-hybridized carbons (Fsp3) is 0.171. The number of ether oxygens (including phenoxy) is 1. The fourth-order valence-electron chi connectivity index (χ4n) is 6.27. The summed E-state index contributed by atoms with van der Waals surface area (Å²) in [7, 11) is -3.90. The average molecular weight is 810 g/mol. The number of aromatic carboxylic acids is 1. The standard InChI is InChI=1S/C24H19F3O4.C17H14F3N3O2S/c25-24(26,27)17-7-9-18(23(29)30)20(12-17)15-6-8-19-21(11-15)31-13-16(22(19)28)10-14-4-2-1-3-5-14;1-11-2-4-12(5-3-11)15-10-16(17(18,19)20)22-23(15)13-6-8-14(9-7-13)26(21,24)25/h1-9,11-12,16,22,28H,10,13H2,(H,29,30);2-10H,1H3,(H2,21,24,25)/t16-,22+;/m0./s1. The van der Waals surface area contributed by atoms with Gasteiger partial charge in [-0.25, -0.2) is 23.0 Å². The third kappa shape index (κ3) is 9.36. The molecule has 1 aliphatic rings. The van der Waals surface area contributed by atoms with Crippen LogP contribution in [0.3, 0.4) is 0 Å². The van der Waals surface area contributed by atoms with E-state index in [0.717, 1.165) is 40.1 Å². The molecule has 5 aromatic carbocycles. The number of aliphatic hydroxyl groups is 1. The van der Waals surface area contributed by atoms with Crippen molar-refractivity contribution in [1.82, 2.24) is 9.78 Å². The molecule has 296 valence electrons. The highest BCUT2D eigenvalue weighted by Gasteiger charge is 2.36. The number of rotatable bonds is 7. The molecule has 4 N–H and O–H groups in total. The number of halogens is 6. The van der Waals surface area contributed by atoms with Crippen molar-refractivity contribution < 1.29 is 54.5 Å². The van der Waals surface area contributed by atoms with Crippen molar-refractivity contribution in [2.24, 2.45) is 11.1 Å². The highest BCUT2D eigenvalue weighted by atomic mass is 32.2. The van der Waals surface area contributed by atoms with Crippen LogP contribution < -0.4 is 9.88 Å². The molecule has 0 radical (unpaired) electrons. The predicted molar refractivity (Wildman–Crippen MR) is 198 cm³/mol. The van der Waals surface area contributed by atoms with Crippen LogP contribution in [0.5, 0.6) is 5.75 Å². The van der Waals surface area contributed by atoms with Crippen molar-refractivity contribution in [2.75, 3.05) is 6.61 Å². The minimum absolute atomic E-state index is 0.0605. The van der Waals surface area contributed by atoms with E-state index >= 15 is 0 Å². The van der Waals surface area contributed by atoms with Gasteiger partial charge in [-0.1, -0.05) is 72.3 Å². The number of hydrogen-bond donors (Lipinski definition) is 3. The highest BCUT2D eigenvalue weighted by Crippen LogP contribution is 2.41. The summed E-state index contributed by atoms with van der Waals surface area (Å²) >= 11 is 0. The van der Waals surface area contributed by atoms with E-state index in [9.17, 15) is 49.8 Å². The first kappa shape index (κ1) is 40.7. The predicted octanol–water partition coefficient (Wildman–Crippen LogP) is 8.87. The van der Waals surface area contributed by atoms with Crippen LogP contribution in [0.1, 0.15) is 44.4 Å². The molecule has 6 aromatic rings. The van der Waals surface area contributed by atoms with E-state index in [-0.39, 0.29) is 45.5 Å². The third-order valence-electron chi connectivity index (χ3n) is 9.22. The number of sulfonamides is 1. The zero-order chi connectivity index (χ0) is 41.3. The van der Waals surface area contributed by atoms with Crippen molar-refractivity contribution >= 4 is 16.0 Å². The summed E-state index contributed by atoms with van der Waals surface area (Å²) in [4.78, 5) is 11.4. The second kappa shape index (κ2) is 15.9. The van der Waals surface area contributed by atoms with Gasteiger partial charge in [0.25, 0.3) is 0 Å². The summed E-state index contributed by atoms with van der Waals surface area (Å²) in [5, 5.41) is 28.9. The van der Waals surface area contributed by atoms with Crippen LogP contribution >= 0.6 is 0 Å². The Labute approximate surface area is 322 Å². The van der Waals surface area contributed by atoms with E-state index in [1.54, 1.807) is 30.3 Å². The van der Waals surface area contributed by atoms with Crippen LogP contribution in [0.15, 0.2) is 126 Å². The van der Waals surface area contributed by atoms with Gasteiger partial charge in [-0.05, 0) is 84.6 Å². The molecular weight excluding hydrogens is 777 g/mol. The van der Waals surface area contributed by atoms with Crippen LogP contribution in [0.2, 0.25) is 0 Å². The molecule has 2 atom stereocenters. The number of carbonyl (C=O) groups is 1. The number of aryl methyl sites for hydroxylation is 1. The van der Waals surface area contributed by atoms with Gasteiger partial charge in [0, 0.05) is 17.0 Å². The van der Waals surface area contributed by atoms with Crippen LogP contribution in [-0.4, -0.2) is 41.0 Å². The Bertz CT molecular complexity index is 2500. The molecule has 0 fully saturated rings. The van der Waals surface area contributed by atoms with Gasteiger partial charge in [0.1, 0.15) is 5.75 Å². The van der Waals surface area contributed by atoms with Crippen molar-refractivity contribution in [3.05, 3.63) is 155 Å². The number of carboxylic acids is 1. The van der Waals surface area contributed by atoms with Gasteiger partial charge in [-0.2, -0.15) is 31.4 Å². The average Bonchev–Trinajstić information content (AvgIpc) is 3.63. The topological polar surface area (TPSA) is 145 Å². The van der Waals surface area contributed by atoms with Gasteiger partial charge in [0.15, 0.2) is 5.69 Å². The number of aliphatic hydroxyl groups excluding tert-OH is 1. The molecule has 2 heterocycles. The molecule has 9 nitrogen and oxygen atoms in total. The molecule has 0 aliphatic carbocycles. The Kier molecular flexibility index (Phi) is 11.3. The first-order valence-corrected chi connectivity index (χ1v) is 18.7. The summed E-state index contributed by atoms with van der Waals surface area (Å²) in [5.74, 6) is -1.17. The van der Waals surface area contributed by atoms with Crippen molar-refractivity contribution in [3.63, 3.8) is 0 Å². The summed E-state index contributed by atoms with van der Waals surface area (Å²) in [6, 6.07) is 29.8. The molecule has 7 rings (SSSR count). The van der Waals surface area contributed by atoms with Gasteiger partial charge >= 0.3 is 18.3 Å². The minimum atomic E-state index is -4.61. The first-order chi connectivity index (χ1) is 26.8. The molecule has 57 heavy (non-hydrogen) atoms. The van der Waals surface area contributed by atoms with E-state index in [1.807, 2.05) is 37.3 Å². The third-order valence-corrected chi connectivity index (χ3v) is 10.1. The fourth-order valence-corrected chi connectivity index (χ4v) is 6.79. The highest BCUT2D eigenvalue weighted by molar-refractivity contribution is 7.89. The van der Waals surface area contributed by atoms with Gasteiger partial charge < -0.3 is 14.9 Å². The summed E-state index contributed by atoms with van der Waals surface area (Å²) in [5.41, 5.74) is 1.62. The van der Waals surface area contributed by atoms with E-state index in [0.29, 0.717) is 23.3 Å². The van der Waals surface area contributed by atoms with Crippen LogP contribution in [0.25, 0.3) is 28.1 Å². The number of alkyl halides is 6. The van der Waals surface area contributed by atoms with E-state index in [4.69, 9.17) is 9.88 Å². The summed E-state index contributed by atoms with van der Waals surface area (Å²) in [6.45, 7) is 2.11. The second-order valence-electron chi connectivity index (χ2n) is 13.3.